The summed E-state index contributed by atoms with van der Waals surface area (Å²) in [5.41, 5.74) is 1.25. The van der Waals surface area contributed by atoms with Gasteiger partial charge in [-0.3, -0.25) is 0 Å². The summed E-state index contributed by atoms with van der Waals surface area (Å²) in [6.07, 6.45) is 5.19. The molecule has 0 N–H and O–H groups in total. The van der Waals surface area contributed by atoms with E-state index in [-0.39, 0.29) is 11.4 Å². The Kier molecular flexibility index (Phi) is 1.58. The SMILES string of the molecule is O=c1n(-c2ccccc2)c(=O)n2n1C1C3C4C3C3C15CCCCC35C42. The van der Waals surface area contributed by atoms with E-state index in [1.165, 1.54) is 30.3 Å². The fourth-order valence-corrected chi connectivity index (χ4v) is 9.09. The topological polar surface area (TPSA) is 48.9 Å². The average Bonchev–Trinajstić information content (AvgIpc) is 3.41. The van der Waals surface area contributed by atoms with Crippen molar-refractivity contribution in [2.75, 3.05) is 0 Å². The molecule has 126 valence electrons. The molecule has 1 aromatic carbocycles. The molecule has 0 amide bonds. The summed E-state index contributed by atoms with van der Waals surface area (Å²) < 4.78 is 5.28. The number of aromatic nitrogens is 3. The molecule has 2 aromatic rings. The quantitative estimate of drug-likeness (QED) is 0.801. The summed E-state index contributed by atoms with van der Waals surface area (Å²) in [6.45, 7) is 0. The Bertz CT molecular complexity index is 1040. The van der Waals surface area contributed by atoms with E-state index >= 15 is 0 Å². The van der Waals surface area contributed by atoms with E-state index in [1.807, 2.05) is 39.7 Å². The third kappa shape index (κ3) is 0.876. The van der Waals surface area contributed by atoms with Crippen LogP contribution in [-0.4, -0.2) is 13.9 Å². The predicted octanol–water partition coefficient (Wildman–Crippen LogP) is 1.96. The van der Waals surface area contributed by atoms with Crippen LogP contribution in [-0.2, 0) is 0 Å². The molecule has 6 unspecified atom stereocenters. The first-order chi connectivity index (χ1) is 12.2. The first-order valence-corrected chi connectivity index (χ1v) is 9.77. The Labute approximate surface area is 143 Å². The zero-order valence-corrected chi connectivity index (χ0v) is 13.8. The van der Waals surface area contributed by atoms with Crippen LogP contribution in [0.4, 0.5) is 0 Å². The van der Waals surface area contributed by atoms with Crippen molar-refractivity contribution in [3.63, 3.8) is 0 Å². The molecule has 25 heavy (non-hydrogen) atoms. The number of hydrogen-bond acceptors (Lipinski definition) is 2. The minimum Gasteiger partial charge on any atom is -0.245 e. The van der Waals surface area contributed by atoms with E-state index in [4.69, 9.17) is 0 Å². The van der Waals surface area contributed by atoms with Crippen molar-refractivity contribution < 1.29 is 0 Å². The normalized spacial score (nSPS) is 51.2. The van der Waals surface area contributed by atoms with Gasteiger partial charge < -0.3 is 0 Å². The van der Waals surface area contributed by atoms with Gasteiger partial charge in [0.15, 0.2) is 0 Å². The van der Waals surface area contributed by atoms with Gasteiger partial charge >= 0.3 is 11.4 Å². The Hall–Kier alpha value is -2.04. The minimum atomic E-state index is -0.101. The van der Waals surface area contributed by atoms with Gasteiger partial charge in [0.2, 0.25) is 0 Å². The second kappa shape index (κ2) is 3.19. The summed E-state index contributed by atoms with van der Waals surface area (Å²) in [6, 6.07) is 10.1. The summed E-state index contributed by atoms with van der Waals surface area (Å²) in [5, 5.41) is 0. The number of benzene rings is 1. The third-order valence-corrected chi connectivity index (χ3v) is 9.23. The van der Waals surface area contributed by atoms with Crippen LogP contribution in [0.15, 0.2) is 39.9 Å². The number of hydrogen-bond donors (Lipinski definition) is 0. The highest BCUT2D eigenvalue weighted by Crippen LogP contribution is 3.04. The van der Waals surface area contributed by atoms with Crippen molar-refractivity contribution in [3.05, 3.63) is 51.3 Å². The van der Waals surface area contributed by atoms with Crippen molar-refractivity contribution >= 4 is 0 Å². The smallest absolute Gasteiger partial charge is 0.245 e. The Morgan fingerprint density at radius 2 is 1.36 bits per heavy atom. The zero-order chi connectivity index (χ0) is 16.3. The van der Waals surface area contributed by atoms with Crippen LogP contribution in [0.1, 0.15) is 37.8 Å². The highest BCUT2D eigenvalue weighted by Gasteiger charge is 3.02. The van der Waals surface area contributed by atoms with Crippen molar-refractivity contribution in [2.24, 2.45) is 34.5 Å². The fourth-order valence-electron chi connectivity index (χ4n) is 9.09. The van der Waals surface area contributed by atoms with E-state index < -0.39 is 0 Å². The molecular formula is C20H19N3O2. The van der Waals surface area contributed by atoms with Crippen LogP contribution in [0.25, 0.3) is 5.69 Å². The van der Waals surface area contributed by atoms with Gasteiger partial charge in [-0.1, -0.05) is 31.0 Å². The maximum absolute atomic E-state index is 13.3. The van der Waals surface area contributed by atoms with Gasteiger partial charge in [0.25, 0.3) is 0 Å². The molecule has 5 saturated carbocycles. The number of para-hydroxylation sites is 1. The van der Waals surface area contributed by atoms with E-state index in [0.29, 0.717) is 40.4 Å². The summed E-state index contributed by atoms with van der Waals surface area (Å²) in [7, 11) is 0. The fraction of sp³-hybridized carbons (Fsp3) is 0.600. The Balaban J connectivity index is 1.47. The lowest BCUT2D eigenvalue weighted by Gasteiger charge is -2.50. The van der Waals surface area contributed by atoms with Gasteiger partial charge in [0.1, 0.15) is 0 Å². The van der Waals surface area contributed by atoms with Crippen molar-refractivity contribution in [3.8, 4) is 5.69 Å². The lowest BCUT2D eigenvalue weighted by atomic mass is 9.65. The molecule has 6 atom stereocenters. The van der Waals surface area contributed by atoms with Gasteiger partial charge in [0.05, 0.1) is 17.8 Å². The van der Waals surface area contributed by atoms with Gasteiger partial charge in [-0.15, -0.1) is 0 Å². The van der Waals surface area contributed by atoms with Crippen LogP contribution in [0.2, 0.25) is 0 Å². The molecule has 3 heterocycles. The lowest BCUT2D eigenvalue weighted by Crippen LogP contribution is -2.53. The van der Waals surface area contributed by atoms with Gasteiger partial charge in [-0.2, -0.15) is 0 Å². The largest absolute Gasteiger partial charge is 0.352 e. The van der Waals surface area contributed by atoms with E-state index in [0.717, 1.165) is 11.8 Å². The number of nitrogens with zero attached hydrogens (tertiary/aromatic N) is 3. The molecule has 7 aliphatic rings. The zero-order valence-electron chi connectivity index (χ0n) is 13.8. The molecule has 2 bridgehead atoms. The molecule has 0 saturated heterocycles. The van der Waals surface area contributed by atoms with Crippen LogP contribution in [0.3, 0.4) is 0 Å². The van der Waals surface area contributed by atoms with Crippen LogP contribution in [0.5, 0.6) is 0 Å². The number of rotatable bonds is 1. The van der Waals surface area contributed by atoms with Crippen molar-refractivity contribution in [1.29, 1.82) is 0 Å². The molecule has 5 aliphatic carbocycles. The summed E-state index contributed by atoms with van der Waals surface area (Å²) >= 11 is 0. The first-order valence-electron chi connectivity index (χ1n) is 9.77. The van der Waals surface area contributed by atoms with Crippen molar-refractivity contribution in [2.45, 2.75) is 37.8 Å². The van der Waals surface area contributed by atoms with Crippen molar-refractivity contribution in [1.82, 2.24) is 13.9 Å². The highest BCUT2D eigenvalue weighted by atomic mass is 16.2. The molecule has 5 heteroatoms. The molecule has 5 nitrogen and oxygen atoms in total. The van der Waals surface area contributed by atoms with Gasteiger partial charge in [-0.05, 0) is 48.6 Å². The van der Waals surface area contributed by atoms with E-state index in [1.54, 1.807) is 0 Å². The second-order valence-electron chi connectivity index (χ2n) is 9.31. The molecule has 2 spiro atoms. The molecule has 9 rings (SSSR count). The monoisotopic (exact) mass is 333 g/mol. The molecule has 5 fully saturated rings. The van der Waals surface area contributed by atoms with Gasteiger partial charge in [0, 0.05) is 10.8 Å². The molecular weight excluding hydrogens is 314 g/mol. The summed E-state index contributed by atoms with van der Waals surface area (Å²) in [5.74, 6) is 3.03. The van der Waals surface area contributed by atoms with E-state index in [9.17, 15) is 9.59 Å². The molecule has 0 radical (unpaired) electrons. The van der Waals surface area contributed by atoms with Gasteiger partial charge in [-0.25, -0.2) is 23.5 Å². The lowest BCUT2D eigenvalue weighted by molar-refractivity contribution is -0.0241. The standard InChI is InChI=1S/C20H19N3O2/c24-17-21(10-6-2-1-3-7-10)18(25)23-16-13-11-12(13)15(22(17)23)19-8-4-5-9-20(16,19)14(11)19/h1-3,6-7,11-16H,4-5,8-9H2. The second-order valence-corrected chi connectivity index (χ2v) is 9.31. The third-order valence-electron chi connectivity index (χ3n) is 9.23. The molecule has 1 aromatic heterocycles. The van der Waals surface area contributed by atoms with Crippen LogP contribution >= 0.6 is 0 Å². The maximum atomic E-state index is 13.3. The Morgan fingerprint density at radius 3 is 1.92 bits per heavy atom. The predicted molar refractivity (Wildman–Crippen MR) is 89.7 cm³/mol. The highest BCUT2D eigenvalue weighted by molar-refractivity contribution is 5.49. The average molecular weight is 333 g/mol. The first kappa shape index (κ1) is 12.3. The maximum Gasteiger partial charge on any atom is 0.352 e. The van der Waals surface area contributed by atoms with Crippen LogP contribution in [0, 0.1) is 34.5 Å². The minimum absolute atomic E-state index is 0.101. The van der Waals surface area contributed by atoms with Crippen LogP contribution < -0.4 is 11.4 Å². The van der Waals surface area contributed by atoms with E-state index in [2.05, 4.69) is 0 Å². The summed E-state index contributed by atoms with van der Waals surface area (Å²) in [4.78, 5) is 26.7. The Morgan fingerprint density at radius 1 is 0.800 bits per heavy atom. The molecule has 2 aliphatic heterocycles.